The molecule has 1 aliphatic rings. The van der Waals surface area contributed by atoms with Crippen LogP contribution in [0.5, 0.6) is 0 Å². The van der Waals surface area contributed by atoms with Crippen LogP contribution in [0.15, 0.2) is 42.6 Å². The van der Waals surface area contributed by atoms with Gasteiger partial charge < -0.3 is 0 Å². The zero-order valence-electron chi connectivity index (χ0n) is 15.3. The van der Waals surface area contributed by atoms with Crippen molar-refractivity contribution in [2.24, 2.45) is 0 Å². The van der Waals surface area contributed by atoms with Crippen molar-refractivity contribution in [1.82, 2.24) is 14.9 Å². The van der Waals surface area contributed by atoms with Crippen molar-refractivity contribution in [2.75, 3.05) is 11.4 Å². The standard InChI is InChI=1S/C20H18N4O3S/c1-13-5-4-7-15-19(13)22-20(28-15)24(11-14-6-2-3-10-21-14)18(27)12-23-16(25)8-9-17(23)26/h2-7,10H,8-9,11-12H2,1H3. The molecule has 0 aliphatic carbocycles. The van der Waals surface area contributed by atoms with Crippen LogP contribution in [0.4, 0.5) is 5.13 Å². The van der Waals surface area contributed by atoms with E-state index in [1.807, 2.05) is 37.3 Å². The van der Waals surface area contributed by atoms with Gasteiger partial charge in [-0.1, -0.05) is 29.5 Å². The fourth-order valence-electron chi connectivity index (χ4n) is 3.13. The molecule has 2 aromatic heterocycles. The van der Waals surface area contributed by atoms with Gasteiger partial charge >= 0.3 is 0 Å². The number of aromatic nitrogens is 2. The van der Waals surface area contributed by atoms with Crippen LogP contribution in [0.1, 0.15) is 24.1 Å². The molecule has 3 amide bonds. The predicted molar refractivity (Wildman–Crippen MR) is 106 cm³/mol. The van der Waals surface area contributed by atoms with E-state index in [0.29, 0.717) is 10.8 Å². The van der Waals surface area contributed by atoms with Crippen molar-refractivity contribution >= 4 is 44.4 Å². The van der Waals surface area contributed by atoms with E-state index in [9.17, 15) is 14.4 Å². The molecule has 3 aromatic rings. The fraction of sp³-hybridized carbons (Fsp3) is 0.250. The lowest BCUT2D eigenvalue weighted by Gasteiger charge is -2.22. The Bertz CT molecular complexity index is 1050. The van der Waals surface area contributed by atoms with E-state index in [1.165, 1.54) is 16.2 Å². The van der Waals surface area contributed by atoms with E-state index in [0.717, 1.165) is 20.7 Å². The highest BCUT2D eigenvalue weighted by atomic mass is 32.1. The topological polar surface area (TPSA) is 83.5 Å². The third kappa shape index (κ3) is 3.50. The van der Waals surface area contributed by atoms with Crippen molar-refractivity contribution < 1.29 is 14.4 Å². The zero-order chi connectivity index (χ0) is 19.7. The number of thiazole rings is 1. The number of aryl methyl sites for hydroxylation is 1. The maximum Gasteiger partial charge on any atom is 0.249 e. The lowest BCUT2D eigenvalue weighted by atomic mass is 10.2. The van der Waals surface area contributed by atoms with Crippen LogP contribution < -0.4 is 4.90 Å². The third-order valence-corrected chi connectivity index (χ3v) is 5.68. The third-order valence-electron chi connectivity index (χ3n) is 4.64. The van der Waals surface area contributed by atoms with Crippen LogP contribution in [0.2, 0.25) is 0 Å². The first-order chi connectivity index (χ1) is 13.5. The monoisotopic (exact) mass is 394 g/mol. The highest BCUT2D eigenvalue weighted by molar-refractivity contribution is 7.22. The van der Waals surface area contributed by atoms with Crippen LogP contribution in [0, 0.1) is 6.92 Å². The molecule has 0 radical (unpaired) electrons. The predicted octanol–water partition coefficient (Wildman–Crippen LogP) is 2.68. The number of carbonyl (C=O) groups is 3. The lowest BCUT2D eigenvalue weighted by Crippen LogP contribution is -2.42. The average Bonchev–Trinajstić information content (AvgIpc) is 3.26. The zero-order valence-corrected chi connectivity index (χ0v) is 16.1. The summed E-state index contributed by atoms with van der Waals surface area (Å²) in [7, 11) is 0. The molecule has 1 saturated heterocycles. The number of anilines is 1. The second kappa shape index (κ2) is 7.47. The van der Waals surface area contributed by atoms with Gasteiger partial charge in [0.15, 0.2) is 5.13 Å². The Hall–Kier alpha value is -3.13. The largest absolute Gasteiger partial charge is 0.280 e. The van der Waals surface area contributed by atoms with Gasteiger partial charge in [-0.05, 0) is 30.7 Å². The summed E-state index contributed by atoms with van der Waals surface area (Å²) in [4.78, 5) is 48.4. The highest BCUT2D eigenvalue weighted by Gasteiger charge is 2.33. The number of pyridine rings is 1. The molecule has 8 heteroatoms. The number of para-hydroxylation sites is 1. The molecule has 0 spiro atoms. The molecule has 0 atom stereocenters. The molecule has 28 heavy (non-hydrogen) atoms. The molecule has 3 heterocycles. The maximum absolute atomic E-state index is 13.1. The summed E-state index contributed by atoms with van der Waals surface area (Å²) in [5.74, 6) is -0.974. The Morgan fingerprint density at radius 3 is 2.61 bits per heavy atom. The number of hydrogen-bond acceptors (Lipinski definition) is 6. The van der Waals surface area contributed by atoms with Crippen LogP contribution in [0.25, 0.3) is 10.2 Å². The Balaban J connectivity index is 1.68. The highest BCUT2D eigenvalue weighted by Crippen LogP contribution is 2.31. The number of amides is 3. The van der Waals surface area contributed by atoms with Crippen LogP contribution in [-0.4, -0.2) is 39.1 Å². The summed E-state index contributed by atoms with van der Waals surface area (Å²) in [6.45, 7) is 1.91. The Kier molecular flexibility index (Phi) is 4.87. The maximum atomic E-state index is 13.1. The minimum Gasteiger partial charge on any atom is -0.280 e. The first-order valence-corrected chi connectivity index (χ1v) is 9.74. The number of imide groups is 1. The Labute approximate surface area is 165 Å². The van der Waals surface area contributed by atoms with Gasteiger partial charge in [0.1, 0.15) is 6.54 Å². The summed E-state index contributed by atoms with van der Waals surface area (Å²) in [5.41, 5.74) is 2.57. The Morgan fingerprint density at radius 1 is 1.14 bits per heavy atom. The fourth-order valence-corrected chi connectivity index (χ4v) is 4.19. The first kappa shape index (κ1) is 18.2. The minimum atomic E-state index is -0.356. The first-order valence-electron chi connectivity index (χ1n) is 8.92. The smallest absolute Gasteiger partial charge is 0.249 e. The van der Waals surface area contributed by atoms with Crippen LogP contribution >= 0.6 is 11.3 Å². The summed E-state index contributed by atoms with van der Waals surface area (Å²) in [6, 6.07) is 11.4. The summed E-state index contributed by atoms with van der Waals surface area (Å²) in [6.07, 6.45) is 1.98. The lowest BCUT2D eigenvalue weighted by molar-refractivity contribution is -0.141. The van der Waals surface area contributed by atoms with E-state index in [-0.39, 0.29) is 43.7 Å². The molecule has 7 nitrogen and oxygen atoms in total. The number of hydrogen-bond donors (Lipinski definition) is 0. The summed E-state index contributed by atoms with van der Waals surface area (Å²) < 4.78 is 0.974. The van der Waals surface area contributed by atoms with Crippen molar-refractivity contribution in [3.8, 4) is 0 Å². The second-order valence-electron chi connectivity index (χ2n) is 6.59. The minimum absolute atomic E-state index is 0.159. The number of benzene rings is 1. The molecular formula is C20H18N4O3S. The molecule has 1 fully saturated rings. The average molecular weight is 394 g/mol. The van der Waals surface area contributed by atoms with Crippen LogP contribution in [-0.2, 0) is 20.9 Å². The van der Waals surface area contributed by atoms with E-state index in [4.69, 9.17) is 0 Å². The van der Waals surface area contributed by atoms with E-state index in [2.05, 4.69) is 9.97 Å². The summed E-state index contributed by atoms with van der Waals surface area (Å²) >= 11 is 1.40. The number of fused-ring (bicyclic) bond motifs is 1. The van der Waals surface area contributed by atoms with Crippen molar-refractivity contribution in [3.63, 3.8) is 0 Å². The summed E-state index contributed by atoms with van der Waals surface area (Å²) in [5, 5.41) is 0.527. The van der Waals surface area contributed by atoms with E-state index < -0.39 is 0 Å². The van der Waals surface area contributed by atoms with Gasteiger partial charge in [0.05, 0.1) is 22.5 Å². The molecular weight excluding hydrogens is 376 g/mol. The molecule has 1 aromatic carbocycles. The molecule has 4 rings (SSSR count). The van der Waals surface area contributed by atoms with Gasteiger partial charge in [-0.2, -0.15) is 0 Å². The quantitative estimate of drug-likeness (QED) is 0.621. The molecule has 1 aliphatic heterocycles. The van der Waals surface area contributed by atoms with Gasteiger partial charge in [-0.25, -0.2) is 4.98 Å². The van der Waals surface area contributed by atoms with Crippen molar-refractivity contribution in [2.45, 2.75) is 26.3 Å². The molecule has 0 saturated carbocycles. The van der Waals surface area contributed by atoms with E-state index in [1.54, 1.807) is 12.3 Å². The molecule has 0 unspecified atom stereocenters. The van der Waals surface area contributed by atoms with Crippen molar-refractivity contribution in [1.29, 1.82) is 0 Å². The van der Waals surface area contributed by atoms with Crippen LogP contribution in [0.3, 0.4) is 0 Å². The van der Waals surface area contributed by atoms with Gasteiger partial charge in [0.2, 0.25) is 17.7 Å². The van der Waals surface area contributed by atoms with Gasteiger partial charge in [0, 0.05) is 19.0 Å². The molecule has 0 N–H and O–H groups in total. The Morgan fingerprint density at radius 2 is 1.93 bits per heavy atom. The number of carbonyl (C=O) groups excluding carboxylic acids is 3. The van der Waals surface area contributed by atoms with Crippen molar-refractivity contribution in [3.05, 3.63) is 53.9 Å². The SMILES string of the molecule is Cc1cccc2sc(N(Cc3ccccn3)C(=O)CN3C(=O)CCC3=O)nc12. The number of nitrogens with zero attached hydrogens (tertiary/aromatic N) is 4. The number of likely N-dealkylation sites (tertiary alicyclic amines) is 1. The normalized spacial score (nSPS) is 14.1. The molecule has 142 valence electrons. The van der Waals surface area contributed by atoms with Gasteiger partial charge in [-0.3, -0.25) is 29.2 Å². The van der Waals surface area contributed by atoms with E-state index >= 15 is 0 Å². The number of rotatable bonds is 5. The van der Waals surface area contributed by atoms with Gasteiger partial charge in [-0.15, -0.1) is 0 Å². The second-order valence-corrected chi connectivity index (χ2v) is 7.60. The molecule has 0 bridgehead atoms. The van der Waals surface area contributed by atoms with Gasteiger partial charge in [0.25, 0.3) is 0 Å².